The van der Waals surface area contributed by atoms with Gasteiger partial charge in [-0.3, -0.25) is 10.1 Å². The van der Waals surface area contributed by atoms with E-state index in [2.05, 4.69) is 5.32 Å². The molecule has 0 heterocycles. The SMILES string of the molecule is O=C(Nc1ccc(Cl)cc1C(=O)c1ccccc1F)OCc1ccccc1. The van der Waals surface area contributed by atoms with E-state index in [1.165, 1.54) is 36.4 Å². The molecule has 1 amide bonds. The van der Waals surface area contributed by atoms with Crippen LogP contribution in [0.25, 0.3) is 0 Å². The van der Waals surface area contributed by atoms with Gasteiger partial charge in [0.25, 0.3) is 0 Å². The molecule has 27 heavy (non-hydrogen) atoms. The molecular weight excluding hydrogens is 369 g/mol. The van der Waals surface area contributed by atoms with Crippen molar-refractivity contribution < 1.29 is 18.7 Å². The van der Waals surface area contributed by atoms with Crippen molar-refractivity contribution in [3.63, 3.8) is 0 Å². The molecule has 0 bridgehead atoms. The van der Waals surface area contributed by atoms with Gasteiger partial charge in [-0.1, -0.05) is 54.1 Å². The number of anilines is 1. The van der Waals surface area contributed by atoms with E-state index in [1.54, 1.807) is 6.07 Å². The number of hydrogen-bond donors (Lipinski definition) is 1. The van der Waals surface area contributed by atoms with Crippen LogP contribution in [0.2, 0.25) is 5.02 Å². The van der Waals surface area contributed by atoms with Gasteiger partial charge in [-0.25, -0.2) is 9.18 Å². The Morgan fingerprint density at radius 1 is 0.926 bits per heavy atom. The average Bonchev–Trinajstić information content (AvgIpc) is 2.68. The Bertz CT molecular complexity index is 976. The minimum absolute atomic E-state index is 0.0734. The summed E-state index contributed by atoms with van der Waals surface area (Å²) in [6.07, 6.45) is -0.733. The molecule has 0 saturated heterocycles. The predicted octanol–water partition coefficient (Wildman–Crippen LogP) is 5.46. The van der Waals surface area contributed by atoms with Crippen LogP contribution in [0.3, 0.4) is 0 Å². The minimum Gasteiger partial charge on any atom is -0.444 e. The first kappa shape index (κ1) is 18.6. The largest absolute Gasteiger partial charge is 0.444 e. The van der Waals surface area contributed by atoms with E-state index in [1.807, 2.05) is 30.3 Å². The highest BCUT2D eigenvalue weighted by Gasteiger charge is 2.19. The molecule has 0 atom stereocenters. The number of carbonyl (C=O) groups is 2. The monoisotopic (exact) mass is 383 g/mol. The highest BCUT2D eigenvalue weighted by Crippen LogP contribution is 2.25. The number of ketones is 1. The molecule has 136 valence electrons. The summed E-state index contributed by atoms with van der Waals surface area (Å²) in [4.78, 5) is 24.8. The van der Waals surface area contributed by atoms with Crippen molar-refractivity contribution in [2.45, 2.75) is 6.61 Å². The molecule has 3 aromatic rings. The number of hydrogen-bond acceptors (Lipinski definition) is 3. The third kappa shape index (κ3) is 4.71. The van der Waals surface area contributed by atoms with Crippen LogP contribution in [-0.2, 0) is 11.3 Å². The van der Waals surface area contributed by atoms with Crippen LogP contribution in [0, 0.1) is 5.82 Å². The third-order valence-corrected chi connectivity index (χ3v) is 4.03. The van der Waals surface area contributed by atoms with Crippen molar-refractivity contribution in [2.75, 3.05) is 5.32 Å². The number of halogens is 2. The van der Waals surface area contributed by atoms with Gasteiger partial charge in [-0.05, 0) is 35.9 Å². The molecule has 4 nitrogen and oxygen atoms in total. The summed E-state index contributed by atoms with van der Waals surface area (Å²) in [5, 5.41) is 2.80. The molecule has 6 heteroatoms. The number of amides is 1. The zero-order chi connectivity index (χ0) is 19.2. The zero-order valence-electron chi connectivity index (χ0n) is 14.1. The van der Waals surface area contributed by atoms with Gasteiger partial charge in [0.1, 0.15) is 12.4 Å². The number of rotatable bonds is 5. The fraction of sp³-hybridized carbons (Fsp3) is 0.0476. The molecule has 0 spiro atoms. The predicted molar refractivity (Wildman–Crippen MR) is 102 cm³/mol. The topological polar surface area (TPSA) is 55.4 Å². The molecule has 3 rings (SSSR count). The number of nitrogens with one attached hydrogen (secondary N) is 1. The van der Waals surface area contributed by atoms with Gasteiger partial charge in [0.2, 0.25) is 0 Å². The fourth-order valence-corrected chi connectivity index (χ4v) is 2.65. The van der Waals surface area contributed by atoms with Crippen LogP contribution < -0.4 is 5.32 Å². The van der Waals surface area contributed by atoms with Crippen molar-refractivity contribution in [3.05, 3.63) is 100 Å². The molecule has 0 aromatic heterocycles. The number of benzene rings is 3. The summed E-state index contributed by atoms with van der Waals surface area (Å²) in [7, 11) is 0. The molecule has 0 aliphatic rings. The van der Waals surface area contributed by atoms with E-state index >= 15 is 0 Å². The summed E-state index contributed by atoms with van der Waals surface area (Å²) in [5.74, 6) is -1.24. The van der Waals surface area contributed by atoms with Gasteiger partial charge >= 0.3 is 6.09 Å². The van der Waals surface area contributed by atoms with Crippen LogP contribution in [-0.4, -0.2) is 11.9 Å². The lowest BCUT2D eigenvalue weighted by molar-refractivity contribution is 0.103. The van der Waals surface area contributed by atoms with Gasteiger partial charge < -0.3 is 4.74 Å². The molecule has 0 unspecified atom stereocenters. The Morgan fingerprint density at radius 3 is 2.37 bits per heavy atom. The van der Waals surface area contributed by atoms with Crippen molar-refractivity contribution in [1.82, 2.24) is 0 Å². The Labute approximate surface area is 160 Å². The van der Waals surface area contributed by atoms with Crippen LogP contribution >= 0.6 is 11.6 Å². The van der Waals surface area contributed by atoms with Crippen LogP contribution in [0.5, 0.6) is 0 Å². The Morgan fingerprint density at radius 2 is 1.63 bits per heavy atom. The van der Waals surface area contributed by atoms with Gasteiger partial charge in [0, 0.05) is 10.6 Å². The molecular formula is C21H15ClFNO3. The summed E-state index contributed by atoms with van der Waals surface area (Å²) < 4.78 is 19.1. The van der Waals surface area contributed by atoms with Crippen molar-refractivity contribution in [1.29, 1.82) is 0 Å². The molecule has 3 aromatic carbocycles. The smallest absolute Gasteiger partial charge is 0.411 e. The fourth-order valence-electron chi connectivity index (χ4n) is 2.47. The van der Waals surface area contributed by atoms with E-state index in [9.17, 15) is 14.0 Å². The molecule has 0 radical (unpaired) electrons. The Hall–Kier alpha value is -3.18. The molecule has 0 saturated carbocycles. The van der Waals surface area contributed by atoms with Crippen molar-refractivity contribution >= 4 is 29.2 Å². The van der Waals surface area contributed by atoms with Gasteiger partial charge in [-0.2, -0.15) is 0 Å². The number of ether oxygens (including phenoxy) is 1. The highest BCUT2D eigenvalue weighted by atomic mass is 35.5. The second-order valence-corrected chi connectivity index (χ2v) is 6.12. The minimum atomic E-state index is -0.733. The molecule has 0 aliphatic carbocycles. The Balaban J connectivity index is 1.79. The van der Waals surface area contributed by atoms with Crippen LogP contribution in [0.4, 0.5) is 14.9 Å². The maximum absolute atomic E-state index is 14.0. The van der Waals surface area contributed by atoms with Gasteiger partial charge in [0.05, 0.1) is 11.3 Å². The van der Waals surface area contributed by atoms with E-state index in [4.69, 9.17) is 16.3 Å². The average molecular weight is 384 g/mol. The summed E-state index contributed by atoms with van der Waals surface area (Å²) in [6.45, 7) is 0.0802. The third-order valence-electron chi connectivity index (χ3n) is 3.79. The van der Waals surface area contributed by atoms with Crippen molar-refractivity contribution in [2.24, 2.45) is 0 Å². The summed E-state index contributed by atoms with van der Waals surface area (Å²) in [5.41, 5.74) is 0.974. The lowest BCUT2D eigenvalue weighted by Gasteiger charge is -2.12. The van der Waals surface area contributed by atoms with E-state index in [0.717, 1.165) is 5.56 Å². The normalized spacial score (nSPS) is 10.3. The van der Waals surface area contributed by atoms with E-state index < -0.39 is 17.7 Å². The lowest BCUT2D eigenvalue weighted by Crippen LogP contribution is -2.16. The zero-order valence-corrected chi connectivity index (χ0v) is 14.9. The van der Waals surface area contributed by atoms with Gasteiger partial charge in [-0.15, -0.1) is 0 Å². The van der Waals surface area contributed by atoms with Crippen molar-refractivity contribution in [3.8, 4) is 0 Å². The molecule has 1 N–H and O–H groups in total. The second-order valence-electron chi connectivity index (χ2n) is 5.69. The highest BCUT2D eigenvalue weighted by molar-refractivity contribution is 6.31. The lowest BCUT2D eigenvalue weighted by atomic mass is 10.0. The van der Waals surface area contributed by atoms with Crippen LogP contribution in [0.15, 0.2) is 72.8 Å². The van der Waals surface area contributed by atoms with E-state index in [-0.39, 0.29) is 28.4 Å². The quantitative estimate of drug-likeness (QED) is 0.595. The summed E-state index contributed by atoms with van der Waals surface area (Å²) >= 11 is 5.98. The van der Waals surface area contributed by atoms with Gasteiger partial charge in [0.15, 0.2) is 5.78 Å². The molecule has 0 aliphatic heterocycles. The molecule has 0 fully saturated rings. The maximum Gasteiger partial charge on any atom is 0.411 e. The number of carbonyl (C=O) groups excluding carboxylic acids is 2. The standard InChI is InChI=1S/C21H15ClFNO3/c22-15-10-11-19(24-21(26)27-13-14-6-2-1-3-7-14)17(12-15)20(25)16-8-4-5-9-18(16)23/h1-12H,13H2,(H,24,26). The second kappa shape index (κ2) is 8.47. The van der Waals surface area contributed by atoms with E-state index in [0.29, 0.717) is 0 Å². The maximum atomic E-state index is 14.0. The first-order valence-corrected chi connectivity index (χ1v) is 8.49. The Kier molecular flexibility index (Phi) is 5.84. The van der Waals surface area contributed by atoms with Crippen LogP contribution in [0.1, 0.15) is 21.5 Å². The first-order chi connectivity index (χ1) is 13.0. The summed E-state index contributed by atoms with van der Waals surface area (Å²) in [6, 6.07) is 19.2. The first-order valence-electron chi connectivity index (χ1n) is 8.11.